The normalized spacial score (nSPS) is 13.2. The first-order valence-electron chi connectivity index (χ1n) is 4.56. The summed E-state index contributed by atoms with van der Waals surface area (Å²) < 4.78 is 37.5. The van der Waals surface area contributed by atoms with Gasteiger partial charge < -0.3 is 10.3 Å². The van der Waals surface area contributed by atoms with E-state index in [2.05, 4.69) is 4.98 Å². The summed E-state index contributed by atoms with van der Waals surface area (Å²) in [5.41, 5.74) is 5.72. The molecule has 86 valence electrons. The van der Waals surface area contributed by atoms with E-state index in [0.29, 0.717) is 5.69 Å². The lowest BCUT2D eigenvalue weighted by molar-refractivity contribution is -0.136. The number of aryl methyl sites for hydroxylation is 1. The fourth-order valence-corrected chi connectivity index (χ4v) is 1.28. The summed E-state index contributed by atoms with van der Waals surface area (Å²) in [4.78, 5) is 3.80. The Bertz CT molecular complexity index is 322. The highest BCUT2D eigenvalue weighted by atomic mass is 19.4. The van der Waals surface area contributed by atoms with Gasteiger partial charge in [-0.15, -0.1) is 0 Å². The fraction of sp³-hybridized carbons (Fsp3) is 0.667. The second-order valence-electron chi connectivity index (χ2n) is 4.06. The number of hydrogen-bond donors (Lipinski definition) is 1. The Hall–Kier alpha value is -1.04. The van der Waals surface area contributed by atoms with Crippen LogP contribution in [0.1, 0.15) is 26.0 Å². The molecule has 0 saturated carbocycles. The van der Waals surface area contributed by atoms with Gasteiger partial charge in [-0.2, -0.15) is 13.2 Å². The van der Waals surface area contributed by atoms with Crippen LogP contribution in [0.4, 0.5) is 13.2 Å². The number of nitrogens with two attached hydrogens (primary N) is 1. The summed E-state index contributed by atoms with van der Waals surface area (Å²) in [5.74, 6) is 0. The minimum absolute atomic E-state index is 0.139. The quantitative estimate of drug-likeness (QED) is 0.848. The van der Waals surface area contributed by atoms with Crippen LogP contribution in [0, 0.1) is 0 Å². The standard InChI is InChI=1S/C9H14F3N3/c1-8(2,13)7-5-14-6-15(7)4-3-9(10,11)12/h5-6H,3-4,13H2,1-2H3. The molecule has 0 aromatic carbocycles. The van der Waals surface area contributed by atoms with Crippen LogP contribution >= 0.6 is 0 Å². The molecule has 0 bridgehead atoms. The minimum Gasteiger partial charge on any atom is -0.333 e. The number of halogens is 3. The van der Waals surface area contributed by atoms with Crippen LogP contribution in [0.5, 0.6) is 0 Å². The minimum atomic E-state index is -4.15. The number of aromatic nitrogens is 2. The van der Waals surface area contributed by atoms with Crippen LogP contribution in [-0.2, 0) is 12.1 Å². The van der Waals surface area contributed by atoms with E-state index in [-0.39, 0.29) is 6.54 Å². The molecular weight excluding hydrogens is 207 g/mol. The molecule has 0 aliphatic heterocycles. The van der Waals surface area contributed by atoms with Gasteiger partial charge in [0.05, 0.1) is 24.0 Å². The number of nitrogens with zero attached hydrogens (tertiary/aromatic N) is 2. The monoisotopic (exact) mass is 221 g/mol. The van der Waals surface area contributed by atoms with E-state index in [4.69, 9.17) is 5.73 Å². The van der Waals surface area contributed by atoms with E-state index in [0.717, 1.165) is 0 Å². The first-order valence-corrected chi connectivity index (χ1v) is 4.56. The maximum atomic E-state index is 12.0. The van der Waals surface area contributed by atoms with Crippen LogP contribution in [0.2, 0.25) is 0 Å². The van der Waals surface area contributed by atoms with Crippen LogP contribution in [-0.4, -0.2) is 15.7 Å². The second-order valence-corrected chi connectivity index (χ2v) is 4.06. The number of alkyl halides is 3. The van der Waals surface area contributed by atoms with E-state index in [9.17, 15) is 13.2 Å². The molecule has 1 aromatic heterocycles. The second kappa shape index (κ2) is 3.84. The van der Waals surface area contributed by atoms with Gasteiger partial charge in [0.15, 0.2) is 0 Å². The lowest BCUT2D eigenvalue weighted by atomic mass is 10.0. The highest BCUT2D eigenvalue weighted by molar-refractivity contribution is 5.09. The fourth-order valence-electron chi connectivity index (χ4n) is 1.28. The van der Waals surface area contributed by atoms with Crippen LogP contribution in [0.3, 0.4) is 0 Å². The summed E-state index contributed by atoms with van der Waals surface area (Å²) in [6.45, 7) is 3.32. The lowest BCUT2D eigenvalue weighted by Gasteiger charge is -2.20. The first kappa shape index (κ1) is 12.0. The van der Waals surface area contributed by atoms with Gasteiger partial charge in [0.1, 0.15) is 0 Å². The van der Waals surface area contributed by atoms with Gasteiger partial charge in [0, 0.05) is 12.7 Å². The summed E-state index contributed by atoms with van der Waals surface area (Å²) in [7, 11) is 0. The maximum Gasteiger partial charge on any atom is 0.390 e. The van der Waals surface area contributed by atoms with Gasteiger partial charge in [-0.3, -0.25) is 0 Å². The highest BCUT2D eigenvalue weighted by Gasteiger charge is 2.28. The summed E-state index contributed by atoms with van der Waals surface area (Å²) >= 11 is 0. The molecule has 6 heteroatoms. The smallest absolute Gasteiger partial charge is 0.333 e. The van der Waals surface area contributed by atoms with Crippen molar-refractivity contribution in [3.05, 3.63) is 18.2 Å². The predicted molar refractivity (Wildman–Crippen MR) is 50.1 cm³/mol. The van der Waals surface area contributed by atoms with E-state index in [1.807, 2.05) is 0 Å². The summed E-state index contributed by atoms with van der Waals surface area (Å²) in [5, 5.41) is 0. The molecule has 0 atom stereocenters. The SMILES string of the molecule is CC(C)(N)c1cncn1CCC(F)(F)F. The van der Waals surface area contributed by atoms with Crippen molar-refractivity contribution in [3.63, 3.8) is 0 Å². The third kappa shape index (κ3) is 3.54. The van der Waals surface area contributed by atoms with Crippen molar-refractivity contribution in [1.82, 2.24) is 9.55 Å². The van der Waals surface area contributed by atoms with Gasteiger partial charge in [-0.1, -0.05) is 0 Å². The Morgan fingerprint density at radius 2 is 2.00 bits per heavy atom. The van der Waals surface area contributed by atoms with Gasteiger partial charge >= 0.3 is 6.18 Å². The van der Waals surface area contributed by atoms with Gasteiger partial charge in [-0.25, -0.2) is 4.98 Å². The van der Waals surface area contributed by atoms with E-state index < -0.39 is 18.1 Å². The lowest BCUT2D eigenvalue weighted by Crippen LogP contribution is -2.32. The van der Waals surface area contributed by atoms with Gasteiger partial charge in [0.25, 0.3) is 0 Å². The first-order chi connectivity index (χ1) is 6.70. The molecule has 1 rings (SSSR count). The molecule has 0 radical (unpaired) electrons. The Labute approximate surface area is 86.1 Å². The molecule has 0 spiro atoms. The zero-order chi connectivity index (χ0) is 11.7. The van der Waals surface area contributed by atoms with Gasteiger partial charge in [-0.05, 0) is 13.8 Å². The predicted octanol–water partition coefficient (Wildman–Crippen LogP) is 2.03. The Morgan fingerprint density at radius 3 is 2.47 bits per heavy atom. The molecule has 0 amide bonds. The van der Waals surface area contributed by atoms with Crippen LogP contribution in [0.15, 0.2) is 12.5 Å². The van der Waals surface area contributed by atoms with Crippen molar-refractivity contribution in [2.45, 2.75) is 38.5 Å². The van der Waals surface area contributed by atoms with Crippen molar-refractivity contribution >= 4 is 0 Å². The van der Waals surface area contributed by atoms with Crippen molar-refractivity contribution in [2.24, 2.45) is 5.73 Å². The van der Waals surface area contributed by atoms with Crippen molar-refractivity contribution in [3.8, 4) is 0 Å². The highest BCUT2D eigenvalue weighted by Crippen LogP contribution is 2.22. The largest absolute Gasteiger partial charge is 0.390 e. The zero-order valence-corrected chi connectivity index (χ0v) is 8.67. The van der Waals surface area contributed by atoms with Gasteiger partial charge in [0.2, 0.25) is 0 Å². The Kier molecular flexibility index (Phi) is 3.08. The Balaban J connectivity index is 2.75. The van der Waals surface area contributed by atoms with Crippen molar-refractivity contribution < 1.29 is 13.2 Å². The molecule has 2 N–H and O–H groups in total. The van der Waals surface area contributed by atoms with Crippen LogP contribution in [0.25, 0.3) is 0 Å². The third-order valence-electron chi connectivity index (χ3n) is 2.01. The molecule has 0 unspecified atom stereocenters. The summed E-state index contributed by atoms with van der Waals surface area (Å²) in [6.07, 6.45) is -2.15. The van der Waals surface area contributed by atoms with Crippen molar-refractivity contribution in [1.29, 1.82) is 0 Å². The topological polar surface area (TPSA) is 43.8 Å². The number of rotatable bonds is 3. The van der Waals surface area contributed by atoms with E-state index >= 15 is 0 Å². The van der Waals surface area contributed by atoms with Crippen molar-refractivity contribution in [2.75, 3.05) is 0 Å². The molecule has 1 heterocycles. The molecule has 0 saturated heterocycles. The number of imidazole rings is 1. The molecule has 0 aliphatic carbocycles. The average Bonchev–Trinajstić information content (AvgIpc) is 2.45. The molecular formula is C9H14F3N3. The number of hydrogen-bond acceptors (Lipinski definition) is 2. The van der Waals surface area contributed by atoms with E-state index in [1.54, 1.807) is 13.8 Å². The summed E-state index contributed by atoms with van der Waals surface area (Å²) in [6, 6.07) is 0. The van der Waals surface area contributed by atoms with E-state index in [1.165, 1.54) is 17.1 Å². The Morgan fingerprint density at radius 1 is 1.40 bits per heavy atom. The maximum absolute atomic E-state index is 12.0. The molecule has 0 aliphatic rings. The molecule has 0 fully saturated rings. The third-order valence-corrected chi connectivity index (χ3v) is 2.01. The molecule has 1 aromatic rings. The molecule has 3 nitrogen and oxygen atoms in total. The molecule has 15 heavy (non-hydrogen) atoms. The van der Waals surface area contributed by atoms with Crippen LogP contribution < -0.4 is 5.73 Å². The average molecular weight is 221 g/mol. The zero-order valence-electron chi connectivity index (χ0n) is 8.67.